The molecule has 0 bridgehead atoms. The molecule has 3 aromatic rings. The summed E-state index contributed by atoms with van der Waals surface area (Å²) in [4.78, 5) is 38.4. The van der Waals surface area contributed by atoms with E-state index in [-0.39, 0.29) is 16.2 Å². The Balaban J connectivity index is 1.56. The molecule has 1 heterocycles. The lowest BCUT2D eigenvalue weighted by Crippen LogP contribution is -2.54. The van der Waals surface area contributed by atoms with E-state index < -0.39 is 28.0 Å². The molecular weight excluding hydrogens is 524 g/mol. The van der Waals surface area contributed by atoms with Gasteiger partial charge in [-0.1, -0.05) is 45.8 Å². The zero-order valence-corrected chi connectivity index (χ0v) is 20.1. The minimum atomic E-state index is -4.02. The van der Waals surface area contributed by atoms with Gasteiger partial charge < -0.3 is 4.18 Å². The van der Waals surface area contributed by atoms with Gasteiger partial charge in [0, 0.05) is 4.47 Å². The van der Waals surface area contributed by atoms with Crippen molar-refractivity contribution in [3.63, 3.8) is 0 Å². The molecule has 0 atom stereocenters. The zero-order chi connectivity index (χ0) is 24.5. The Morgan fingerprint density at radius 1 is 0.882 bits per heavy atom. The second-order valence-corrected chi connectivity index (χ2v) is 9.82. The molecular formula is C24H17BrN2O6S. The Kier molecular flexibility index (Phi) is 6.36. The fraction of sp³-hybridized carbons (Fsp3) is 0.0417. The molecule has 1 aliphatic rings. The molecule has 4 amide bonds. The van der Waals surface area contributed by atoms with E-state index in [0.717, 1.165) is 14.9 Å². The van der Waals surface area contributed by atoms with E-state index in [0.29, 0.717) is 11.3 Å². The van der Waals surface area contributed by atoms with Crippen molar-refractivity contribution in [3.8, 4) is 5.75 Å². The van der Waals surface area contributed by atoms with Crippen LogP contribution < -0.4 is 14.4 Å². The number of benzene rings is 3. The number of anilines is 1. The van der Waals surface area contributed by atoms with Gasteiger partial charge >= 0.3 is 16.1 Å². The molecule has 172 valence electrons. The number of halogens is 1. The Labute approximate surface area is 204 Å². The zero-order valence-electron chi connectivity index (χ0n) is 17.7. The van der Waals surface area contributed by atoms with Crippen LogP contribution in [0.2, 0.25) is 0 Å². The summed E-state index contributed by atoms with van der Waals surface area (Å²) in [7, 11) is -4.02. The first-order valence-electron chi connectivity index (χ1n) is 9.92. The van der Waals surface area contributed by atoms with Gasteiger partial charge in [0.25, 0.3) is 11.8 Å². The number of aryl methyl sites for hydroxylation is 1. The summed E-state index contributed by atoms with van der Waals surface area (Å²) < 4.78 is 30.8. The van der Waals surface area contributed by atoms with Crippen molar-refractivity contribution in [1.82, 2.24) is 5.32 Å². The quantitative estimate of drug-likeness (QED) is 0.295. The third-order valence-electron chi connectivity index (χ3n) is 4.89. The van der Waals surface area contributed by atoms with Crippen LogP contribution in [0.15, 0.2) is 87.7 Å². The monoisotopic (exact) mass is 540 g/mol. The number of rotatable bonds is 5. The lowest BCUT2D eigenvalue weighted by Gasteiger charge is -2.26. The number of hydrogen-bond acceptors (Lipinski definition) is 6. The molecule has 0 spiro atoms. The summed E-state index contributed by atoms with van der Waals surface area (Å²) >= 11 is 3.29. The van der Waals surface area contributed by atoms with Gasteiger partial charge in [-0.05, 0) is 67.1 Å². The van der Waals surface area contributed by atoms with Crippen LogP contribution in [0.5, 0.6) is 5.75 Å². The lowest BCUT2D eigenvalue weighted by molar-refractivity contribution is -0.122. The molecule has 34 heavy (non-hydrogen) atoms. The number of nitrogens with one attached hydrogen (secondary N) is 1. The van der Waals surface area contributed by atoms with E-state index in [1.165, 1.54) is 42.5 Å². The highest BCUT2D eigenvalue weighted by Gasteiger charge is 2.36. The average Bonchev–Trinajstić information content (AvgIpc) is 2.79. The largest absolute Gasteiger partial charge is 0.379 e. The number of amides is 4. The number of imide groups is 2. The second-order valence-electron chi connectivity index (χ2n) is 7.35. The Morgan fingerprint density at radius 2 is 1.50 bits per heavy atom. The van der Waals surface area contributed by atoms with Crippen LogP contribution in [-0.4, -0.2) is 26.3 Å². The molecule has 0 aliphatic carbocycles. The lowest BCUT2D eigenvalue weighted by atomic mass is 10.1. The van der Waals surface area contributed by atoms with Crippen molar-refractivity contribution in [2.75, 3.05) is 4.90 Å². The third-order valence-corrected chi connectivity index (χ3v) is 6.68. The SMILES string of the molecule is Cc1ccc(S(=O)(=O)Oc2ccc(/C=C3\C(=O)NC(=O)N(c4ccc(Br)cc4)C3=O)cc2)cc1. The number of barbiturate groups is 1. The van der Waals surface area contributed by atoms with Gasteiger partial charge in [0.05, 0.1) is 5.69 Å². The van der Waals surface area contributed by atoms with Crippen molar-refractivity contribution < 1.29 is 27.0 Å². The average molecular weight is 541 g/mol. The molecule has 1 N–H and O–H groups in total. The smallest absolute Gasteiger partial charge is 0.339 e. The van der Waals surface area contributed by atoms with Gasteiger partial charge in [0.2, 0.25) is 0 Å². The molecule has 1 aliphatic heterocycles. The van der Waals surface area contributed by atoms with Gasteiger partial charge in [-0.15, -0.1) is 0 Å². The van der Waals surface area contributed by atoms with Crippen molar-refractivity contribution in [2.24, 2.45) is 0 Å². The van der Waals surface area contributed by atoms with Crippen LogP contribution in [-0.2, 0) is 19.7 Å². The van der Waals surface area contributed by atoms with Crippen LogP contribution in [0.4, 0.5) is 10.5 Å². The summed E-state index contributed by atoms with van der Waals surface area (Å²) in [6, 6.07) is 17.7. The van der Waals surface area contributed by atoms with E-state index in [2.05, 4.69) is 21.2 Å². The van der Waals surface area contributed by atoms with Gasteiger partial charge in [-0.2, -0.15) is 8.42 Å². The Morgan fingerprint density at radius 3 is 2.12 bits per heavy atom. The Bertz CT molecular complexity index is 1410. The molecule has 8 nitrogen and oxygen atoms in total. The van der Waals surface area contributed by atoms with Crippen molar-refractivity contribution in [3.05, 3.63) is 94.0 Å². The maximum absolute atomic E-state index is 12.9. The second kappa shape index (κ2) is 9.24. The molecule has 3 aromatic carbocycles. The van der Waals surface area contributed by atoms with Gasteiger partial charge in [0.15, 0.2) is 0 Å². The fourth-order valence-corrected chi connectivity index (χ4v) is 4.34. The number of urea groups is 1. The van der Waals surface area contributed by atoms with Crippen molar-refractivity contribution in [1.29, 1.82) is 0 Å². The standard InChI is InChI=1S/C24H17BrN2O6S/c1-15-2-12-20(13-3-15)34(31,32)33-19-10-4-16(5-11-19)14-21-22(28)26-24(30)27(23(21)29)18-8-6-17(25)7-9-18/h2-14H,1H3,(H,26,28,30)/b21-14+. The van der Waals surface area contributed by atoms with Crippen LogP contribution in [0.25, 0.3) is 6.08 Å². The van der Waals surface area contributed by atoms with E-state index in [4.69, 9.17) is 4.18 Å². The van der Waals surface area contributed by atoms with Crippen LogP contribution in [0.3, 0.4) is 0 Å². The van der Waals surface area contributed by atoms with Crippen molar-refractivity contribution >= 4 is 55.7 Å². The summed E-state index contributed by atoms with van der Waals surface area (Å²) in [6.07, 6.45) is 1.31. The van der Waals surface area contributed by atoms with E-state index in [1.54, 1.807) is 36.4 Å². The van der Waals surface area contributed by atoms with E-state index in [1.807, 2.05) is 6.92 Å². The third kappa shape index (κ3) is 4.92. The molecule has 4 rings (SSSR count). The fourth-order valence-electron chi connectivity index (χ4n) is 3.15. The van der Waals surface area contributed by atoms with E-state index >= 15 is 0 Å². The summed E-state index contributed by atoms with van der Waals surface area (Å²) in [5.74, 6) is -1.54. The molecule has 10 heteroatoms. The van der Waals surface area contributed by atoms with E-state index in [9.17, 15) is 22.8 Å². The topological polar surface area (TPSA) is 110 Å². The number of carbonyl (C=O) groups excluding carboxylic acids is 3. The predicted molar refractivity (Wildman–Crippen MR) is 129 cm³/mol. The minimum Gasteiger partial charge on any atom is -0.379 e. The first kappa shape index (κ1) is 23.4. The molecule has 1 fully saturated rings. The van der Waals surface area contributed by atoms with Crippen LogP contribution in [0.1, 0.15) is 11.1 Å². The van der Waals surface area contributed by atoms with Gasteiger partial charge in [-0.3, -0.25) is 14.9 Å². The summed E-state index contributed by atoms with van der Waals surface area (Å²) in [5, 5.41) is 2.15. The molecule has 1 saturated heterocycles. The Hall–Kier alpha value is -3.76. The summed E-state index contributed by atoms with van der Waals surface area (Å²) in [6.45, 7) is 1.84. The first-order valence-corrected chi connectivity index (χ1v) is 12.1. The summed E-state index contributed by atoms with van der Waals surface area (Å²) in [5.41, 5.74) is 1.40. The maximum Gasteiger partial charge on any atom is 0.339 e. The molecule has 0 radical (unpaired) electrons. The molecule has 0 saturated carbocycles. The first-order chi connectivity index (χ1) is 16.1. The molecule has 0 unspecified atom stereocenters. The van der Waals surface area contributed by atoms with Crippen LogP contribution in [0, 0.1) is 6.92 Å². The van der Waals surface area contributed by atoms with Crippen molar-refractivity contribution in [2.45, 2.75) is 11.8 Å². The number of carbonyl (C=O) groups is 3. The highest BCUT2D eigenvalue weighted by molar-refractivity contribution is 9.10. The highest BCUT2D eigenvalue weighted by Crippen LogP contribution is 2.25. The van der Waals surface area contributed by atoms with Gasteiger partial charge in [0.1, 0.15) is 16.2 Å². The molecule has 0 aromatic heterocycles. The maximum atomic E-state index is 12.9. The normalized spacial score (nSPS) is 15.4. The van der Waals surface area contributed by atoms with Gasteiger partial charge in [-0.25, -0.2) is 9.69 Å². The highest BCUT2D eigenvalue weighted by atomic mass is 79.9. The minimum absolute atomic E-state index is 0.0199. The number of nitrogens with zero attached hydrogens (tertiary/aromatic N) is 1. The number of hydrogen-bond donors (Lipinski definition) is 1. The predicted octanol–water partition coefficient (Wildman–Crippen LogP) is 4.19. The van der Waals surface area contributed by atoms with Crippen LogP contribution >= 0.6 is 15.9 Å².